The smallest absolute Gasteiger partial charge is 0.410 e. The Morgan fingerprint density at radius 1 is 1.02 bits per heavy atom. The molecule has 266 valence electrons. The summed E-state index contributed by atoms with van der Waals surface area (Å²) in [6.07, 6.45) is 11.3. The first-order valence-electron chi connectivity index (χ1n) is 18.2. The van der Waals surface area contributed by atoms with E-state index in [0.29, 0.717) is 59.5 Å². The van der Waals surface area contributed by atoms with E-state index in [-0.39, 0.29) is 46.4 Å². The molecule has 6 heterocycles. The van der Waals surface area contributed by atoms with Crippen LogP contribution in [0.5, 0.6) is 6.01 Å². The van der Waals surface area contributed by atoms with E-state index in [1.807, 2.05) is 26.8 Å². The molecular formula is C40H44F2N6O3. The molecule has 0 saturated carbocycles. The molecule has 51 heavy (non-hydrogen) atoms. The highest BCUT2D eigenvalue weighted by molar-refractivity contribution is 6.03. The lowest BCUT2D eigenvalue weighted by Gasteiger charge is -2.44. The van der Waals surface area contributed by atoms with Crippen molar-refractivity contribution in [1.82, 2.24) is 24.8 Å². The summed E-state index contributed by atoms with van der Waals surface area (Å²) < 4.78 is 44.6. The molecular weight excluding hydrogens is 650 g/mol. The Hall–Kier alpha value is -4.56. The quantitative estimate of drug-likeness (QED) is 0.204. The van der Waals surface area contributed by atoms with Gasteiger partial charge >= 0.3 is 12.1 Å². The largest absolute Gasteiger partial charge is 0.461 e. The van der Waals surface area contributed by atoms with E-state index in [1.54, 1.807) is 23.1 Å². The van der Waals surface area contributed by atoms with Gasteiger partial charge in [-0.3, -0.25) is 4.90 Å². The predicted molar refractivity (Wildman–Crippen MR) is 193 cm³/mol. The fourth-order valence-electron chi connectivity index (χ4n) is 8.77. The Labute approximate surface area is 297 Å². The maximum atomic E-state index is 17.3. The van der Waals surface area contributed by atoms with Gasteiger partial charge in [0.05, 0.1) is 22.2 Å². The van der Waals surface area contributed by atoms with Crippen LogP contribution in [0.4, 0.5) is 19.4 Å². The molecule has 4 aliphatic heterocycles. The highest BCUT2D eigenvalue weighted by Crippen LogP contribution is 2.44. The number of carbonyl (C=O) groups is 1. The molecule has 4 aromatic rings. The van der Waals surface area contributed by atoms with Crippen LogP contribution in [-0.2, 0) is 4.74 Å². The van der Waals surface area contributed by atoms with Crippen LogP contribution in [0.25, 0.3) is 32.9 Å². The molecule has 0 aliphatic carbocycles. The number of fused-ring (bicyclic) bond motifs is 4. The first-order chi connectivity index (χ1) is 24.5. The van der Waals surface area contributed by atoms with Crippen molar-refractivity contribution >= 4 is 33.6 Å². The highest BCUT2D eigenvalue weighted by Gasteiger charge is 2.45. The molecule has 2 aromatic heterocycles. The number of carbonyl (C=O) groups excluding carboxylic acids is 1. The zero-order chi connectivity index (χ0) is 35.7. The normalized spacial score (nSPS) is 21.6. The van der Waals surface area contributed by atoms with Crippen molar-refractivity contribution in [2.45, 2.75) is 89.3 Å². The van der Waals surface area contributed by atoms with Gasteiger partial charge in [0.15, 0.2) is 5.82 Å². The second kappa shape index (κ2) is 12.6. The van der Waals surface area contributed by atoms with E-state index in [0.717, 1.165) is 51.6 Å². The summed E-state index contributed by atoms with van der Waals surface area (Å²) >= 11 is 0. The molecule has 0 spiro atoms. The number of hydrogen-bond donors (Lipinski definition) is 0. The minimum Gasteiger partial charge on any atom is -0.461 e. The summed E-state index contributed by atoms with van der Waals surface area (Å²) in [6.45, 7) is 11.5. The lowest BCUT2D eigenvalue weighted by atomic mass is 9.90. The molecule has 4 aliphatic rings. The van der Waals surface area contributed by atoms with Gasteiger partial charge in [0.1, 0.15) is 35.1 Å². The zero-order valence-corrected chi connectivity index (χ0v) is 29.8. The van der Waals surface area contributed by atoms with Gasteiger partial charge < -0.3 is 19.3 Å². The van der Waals surface area contributed by atoms with Crippen LogP contribution < -0.4 is 9.64 Å². The number of anilines is 1. The zero-order valence-electron chi connectivity index (χ0n) is 29.8. The van der Waals surface area contributed by atoms with Gasteiger partial charge in [0.2, 0.25) is 0 Å². The number of hydrogen-bond acceptors (Lipinski definition) is 8. The third-order valence-corrected chi connectivity index (χ3v) is 11.3. The van der Waals surface area contributed by atoms with Crippen LogP contribution in [0.15, 0.2) is 30.3 Å². The van der Waals surface area contributed by atoms with Crippen molar-refractivity contribution in [3.63, 3.8) is 0 Å². The summed E-state index contributed by atoms with van der Waals surface area (Å²) in [7, 11) is 0. The van der Waals surface area contributed by atoms with Crippen LogP contribution in [0.2, 0.25) is 0 Å². The molecule has 1 amide bonds. The Balaban J connectivity index is 1.29. The number of nitrogens with zero attached hydrogens (tertiary/aromatic N) is 6. The molecule has 9 nitrogen and oxygen atoms in total. The molecule has 3 fully saturated rings. The van der Waals surface area contributed by atoms with Gasteiger partial charge in [-0.25, -0.2) is 18.6 Å². The Morgan fingerprint density at radius 2 is 1.80 bits per heavy atom. The summed E-state index contributed by atoms with van der Waals surface area (Å²) in [4.78, 5) is 34.5. The van der Waals surface area contributed by atoms with Gasteiger partial charge in [-0.1, -0.05) is 37.1 Å². The lowest BCUT2D eigenvalue weighted by molar-refractivity contribution is 0.0210. The van der Waals surface area contributed by atoms with E-state index < -0.39 is 17.2 Å². The average molecular weight is 695 g/mol. The molecule has 2 unspecified atom stereocenters. The Bertz CT molecular complexity index is 2080. The van der Waals surface area contributed by atoms with Crippen molar-refractivity contribution in [3.05, 3.63) is 53.2 Å². The summed E-state index contributed by atoms with van der Waals surface area (Å²) in [5.41, 5.74) is 0.641. The predicted octanol–water partition coefficient (Wildman–Crippen LogP) is 7.43. The van der Waals surface area contributed by atoms with Gasteiger partial charge in [0, 0.05) is 36.6 Å². The van der Waals surface area contributed by atoms with Crippen LogP contribution in [-0.4, -0.2) is 87.4 Å². The molecule has 8 rings (SSSR count). The molecule has 3 saturated heterocycles. The average Bonchev–Trinajstić information content (AvgIpc) is 3.69. The lowest BCUT2D eigenvalue weighted by Crippen LogP contribution is -2.56. The summed E-state index contributed by atoms with van der Waals surface area (Å²) in [6, 6.07) is 8.38. The molecule has 2 atom stereocenters. The standard InChI is InChI=1S/C40H44F2N6O3/c1-6-27-29(41)15-13-25-10-7-11-28(30(25)27)34-32(42)35-31-33(43-34)24(2)12-14-26-22-46(38(49)51-39(3,4)5)20-21-48(26)36(31)45-37(44-35)50-23-40-16-8-18-47(40)19-9-17-40/h1,7,10-11,13,15,24,26H,8-9,12,14,16-23H2,2-5H3. The molecule has 11 heteroatoms. The van der Waals surface area contributed by atoms with Crippen LogP contribution in [0.3, 0.4) is 0 Å². The third kappa shape index (κ3) is 5.81. The first-order valence-corrected chi connectivity index (χ1v) is 18.2. The number of benzene rings is 2. The fraction of sp³-hybridized carbons (Fsp3) is 0.500. The van der Waals surface area contributed by atoms with E-state index in [1.165, 1.54) is 6.07 Å². The van der Waals surface area contributed by atoms with E-state index in [4.69, 9.17) is 30.8 Å². The van der Waals surface area contributed by atoms with Crippen molar-refractivity contribution in [3.8, 4) is 29.6 Å². The van der Waals surface area contributed by atoms with Gasteiger partial charge in [-0.2, -0.15) is 9.97 Å². The molecule has 0 bridgehead atoms. The monoisotopic (exact) mass is 694 g/mol. The number of ether oxygens (including phenoxy) is 2. The van der Waals surface area contributed by atoms with E-state index >= 15 is 8.78 Å². The van der Waals surface area contributed by atoms with Gasteiger partial charge in [0.25, 0.3) is 0 Å². The van der Waals surface area contributed by atoms with Crippen molar-refractivity contribution in [1.29, 1.82) is 0 Å². The molecule has 2 aromatic carbocycles. The number of pyridine rings is 1. The number of terminal acetylenes is 1. The van der Waals surface area contributed by atoms with Gasteiger partial charge in [-0.15, -0.1) is 6.42 Å². The molecule has 0 radical (unpaired) electrons. The van der Waals surface area contributed by atoms with Crippen LogP contribution >= 0.6 is 0 Å². The number of piperazine rings is 1. The van der Waals surface area contributed by atoms with Crippen LogP contribution in [0.1, 0.15) is 83.4 Å². The number of aromatic nitrogens is 3. The van der Waals surface area contributed by atoms with E-state index in [9.17, 15) is 4.79 Å². The minimum absolute atomic E-state index is 0.0637. The fourth-order valence-corrected chi connectivity index (χ4v) is 8.77. The molecule has 0 N–H and O–H groups in total. The highest BCUT2D eigenvalue weighted by atomic mass is 19.1. The second-order valence-electron chi connectivity index (χ2n) is 15.6. The summed E-state index contributed by atoms with van der Waals surface area (Å²) in [5.74, 6) is 1.75. The number of amides is 1. The first kappa shape index (κ1) is 33.6. The number of halogens is 2. The minimum atomic E-state index is -0.639. The van der Waals surface area contributed by atoms with E-state index in [2.05, 4.69) is 22.6 Å². The van der Waals surface area contributed by atoms with Crippen LogP contribution in [0, 0.1) is 24.0 Å². The Kier molecular flexibility index (Phi) is 8.29. The summed E-state index contributed by atoms with van der Waals surface area (Å²) in [5, 5.41) is 1.66. The van der Waals surface area contributed by atoms with Crippen molar-refractivity contribution < 1.29 is 23.0 Å². The Morgan fingerprint density at radius 3 is 2.55 bits per heavy atom. The van der Waals surface area contributed by atoms with Crippen molar-refractivity contribution in [2.24, 2.45) is 0 Å². The topological polar surface area (TPSA) is 83.9 Å². The van der Waals surface area contributed by atoms with Gasteiger partial charge in [-0.05, 0) is 89.8 Å². The third-order valence-electron chi connectivity index (χ3n) is 11.3. The van der Waals surface area contributed by atoms with Crippen molar-refractivity contribution in [2.75, 3.05) is 44.2 Å². The maximum Gasteiger partial charge on any atom is 0.410 e. The maximum absolute atomic E-state index is 17.3. The second-order valence-corrected chi connectivity index (χ2v) is 15.6. The number of rotatable bonds is 4. The SMILES string of the molecule is C#Cc1c(F)ccc2cccc(-c3nc4c5c(nc(OCC67CCCN6CCC7)nc5c3F)N3CCN(C(=O)OC(C)(C)C)CC3CCC4C)c12.